The Morgan fingerprint density at radius 3 is 2.55 bits per heavy atom. The molecule has 0 radical (unpaired) electrons. The first-order chi connectivity index (χ1) is 9.36. The topological polar surface area (TPSA) is 62.1 Å². The van der Waals surface area contributed by atoms with E-state index in [1.54, 1.807) is 0 Å². The van der Waals surface area contributed by atoms with Crippen LogP contribution in [-0.2, 0) is 22.4 Å². The van der Waals surface area contributed by atoms with Crippen LogP contribution in [-0.4, -0.2) is 39.2 Å². The average molecular weight is 297 g/mol. The van der Waals surface area contributed by atoms with Gasteiger partial charge >= 0.3 is 0 Å². The molecule has 0 unspecified atom stereocenters. The maximum atomic E-state index is 5.78. The summed E-state index contributed by atoms with van der Waals surface area (Å²) in [6.45, 7) is 1.70. The van der Waals surface area contributed by atoms with Gasteiger partial charge in [-0.3, -0.25) is 0 Å². The lowest BCUT2D eigenvalue weighted by Crippen LogP contribution is -2.37. The van der Waals surface area contributed by atoms with Gasteiger partial charge in [0.05, 0.1) is 13.2 Å². The van der Waals surface area contributed by atoms with Crippen molar-refractivity contribution >= 4 is 12.4 Å². The van der Waals surface area contributed by atoms with Gasteiger partial charge in [-0.2, -0.15) is 4.80 Å². The van der Waals surface area contributed by atoms with Gasteiger partial charge in [0.25, 0.3) is 0 Å². The van der Waals surface area contributed by atoms with Gasteiger partial charge < -0.3 is 9.47 Å². The number of hydrogen-bond acceptors (Lipinski definition) is 5. The Balaban J connectivity index is 0.00000147. The van der Waals surface area contributed by atoms with Crippen molar-refractivity contribution in [3.63, 3.8) is 0 Å². The standard InChI is InChI=1S/C13H16N4O2.ClH/c1-2-4-12(5-3-1)6-7-13(18-8-9-19-13)10-17-15-11-14-16-17;/h1-5,11H,6-10H2;1H. The molecule has 1 aliphatic rings. The van der Waals surface area contributed by atoms with Crippen molar-refractivity contribution in [3.05, 3.63) is 42.2 Å². The number of benzene rings is 1. The third-order valence-corrected chi connectivity index (χ3v) is 3.22. The molecule has 0 aliphatic carbocycles. The number of tetrazole rings is 1. The van der Waals surface area contributed by atoms with Crippen LogP contribution in [0.2, 0.25) is 0 Å². The molecule has 0 bridgehead atoms. The fraction of sp³-hybridized carbons (Fsp3) is 0.462. The minimum Gasteiger partial charge on any atom is -0.346 e. The number of halogens is 1. The second kappa shape index (κ2) is 6.78. The van der Waals surface area contributed by atoms with E-state index in [0.717, 1.165) is 12.8 Å². The van der Waals surface area contributed by atoms with E-state index in [4.69, 9.17) is 9.47 Å². The lowest BCUT2D eigenvalue weighted by molar-refractivity contribution is -0.175. The summed E-state index contributed by atoms with van der Waals surface area (Å²) in [6.07, 6.45) is 3.09. The van der Waals surface area contributed by atoms with Crippen molar-refractivity contribution in [2.24, 2.45) is 0 Å². The molecular formula is C13H17ClN4O2. The molecule has 2 aromatic rings. The van der Waals surface area contributed by atoms with E-state index in [9.17, 15) is 0 Å². The average Bonchev–Trinajstić information content (AvgIpc) is 3.11. The predicted molar refractivity (Wildman–Crippen MR) is 74.5 cm³/mol. The maximum absolute atomic E-state index is 5.78. The number of nitrogens with zero attached hydrogens (tertiary/aromatic N) is 4. The summed E-state index contributed by atoms with van der Waals surface area (Å²) in [7, 11) is 0. The summed E-state index contributed by atoms with van der Waals surface area (Å²) in [5.74, 6) is -0.628. The largest absolute Gasteiger partial charge is 0.346 e. The fourth-order valence-electron chi connectivity index (χ4n) is 2.27. The predicted octanol–water partition coefficient (Wildman–Crippen LogP) is 1.47. The Labute approximate surface area is 123 Å². The van der Waals surface area contributed by atoms with Gasteiger partial charge in [-0.1, -0.05) is 30.3 Å². The molecule has 1 saturated heterocycles. The Kier molecular flexibility index (Phi) is 5.05. The van der Waals surface area contributed by atoms with Crippen molar-refractivity contribution < 1.29 is 9.47 Å². The highest BCUT2D eigenvalue weighted by molar-refractivity contribution is 5.85. The highest BCUT2D eigenvalue weighted by atomic mass is 35.5. The third kappa shape index (κ3) is 3.53. The quantitative estimate of drug-likeness (QED) is 0.836. The number of rotatable bonds is 5. The Morgan fingerprint density at radius 2 is 1.90 bits per heavy atom. The van der Waals surface area contributed by atoms with Crippen LogP contribution >= 0.6 is 12.4 Å². The van der Waals surface area contributed by atoms with Crippen LogP contribution < -0.4 is 0 Å². The van der Waals surface area contributed by atoms with Gasteiger partial charge in [0.15, 0.2) is 12.1 Å². The summed E-state index contributed by atoms with van der Waals surface area (Å²) in [5.41, 5.74) is 1.27. The van der Waals surface area contributed by atoms with E-state index in [2.05, 4.69) is 27.5 Å². The number of aryl methyl sites for hydroxylation is 1. The van der Waals surface area contributed by atoms with E-state index < -0.39 is 5.79 Å². The van der Waals surface area contributed by atoms with Crippen LogP contribution in [0, 0.1) is 0 Å². The first kappa shape index (κ1) is 14.9. The number of hydrogen-bond donors (Lipinski definition) is 0. The molecule has 1 aromatic carbocycles. The molecule has 0 spiro atoms. The number of ether oxygens (including phenoxy) is 2. The SMILES string of the molecule is Cl.c1ccc(CCC2(Cn3ncnn3)OCCO2)cc1. The molecule has 1 aliphatic heterocycles. The molecule has 0 amide bonds. The second-order valence-corrected chi connectivity index (χ2v) is 4.56. The van der Waals surface area contributed by atoms with E-state index in [1.165, 1.54) is 16.7 Å². The molecule has 20 heavy (non-hydrogen) atoms. The summed E-state index contributed by atoms with van der Waals surface area (Å²) in [6, 6.07) is 10.3. The molecule has 0 saturated carbocycles. The zero-order valence-electron chi connectivity index (χ0n) is 11.0. The lowest BCUT2D eigenvalue weighted by atomic mass is 10.0. The smallest absolute Gasteiger partial charge is 0.190 e. The zero-order chi connectivity index (χ0) is 13.0. The summed E-state index contributed by atoms with van der Waals surface area (Å²) in [5, 5.41) is 11.6. The third-order valence-electron chi connectivity index (χ3n) is 3.22. The Morgan fingerprint density at radius 1 is 1.15 bits per heavy atom. The van der Waals surface area contributed by atoms with Crippen LogP contribution in [0.5, 0.6) is 0 Å². The van der Waals surface area contributed by atoms with Crippen molar-refractivity contribution in [2.45, 2.75) is 25.2 Å². The van der Waals surface area contributed by atoms with Crippen molar-refractivity contribution in [1.29, 1.82) is 0 Å². The van der Waals surface area contributed by atoms with Crippen LogP contribution in [0.1, 0.15) is 12.0 Å². The molecule has 1 aromatic heterocycles. The Bertz CT molecular complexity index is 500. The van der Waals surface area contributed by atoms with Gasteiger partial charge in [-0.15, -0.1) is 22.6 Å². The normalized spacial score (nSPS) is 16.8. The van der Waals surface area contributed by atoms with Crippen molar-refractivity contribution in [3.8, 4) is 0 Å². The second-order valence-electron chi connectivity index (χ2n) is 4.56. The zero-order valence-corrected chi connectivity index (χ0v) is 11.8. The van der Waals surface area contributed by atoms with Crippen molar-refractivity contribution in [2.75, 3.05) is 13.2 Å². The van der Waals surface area contributed by atoms with Crippen LogP contribution in [0.4, 0.5) is 0 Å². The van der Waals surface area contributed by atoms with E-state index >= 15 is 0 Å². The summed E-state index contributed by atoms with van der Waals surface area (Å²) >= 11 is 0. The molecule has 0 atom stereocenters. The molecule has 6 nitrogen and oxygen atoms in total. The van der Waals surface area contributed by atoms with Gasteiger partial charge in [-0.05, 0) is 17.2 Å². The van der Waals surface area contributed by atoms with E-state index in [0.29, 0.717) is 19.8 Å². The van der Waals surface area contributed by atoms with Gasteiger partial charge in [0.2, 0.25) is 0 Å². The Hall–Kier alpha value is -1.50. The highest BCUT2D eigenvalue weighted by Gasteiger charge is 2.37. The fourth-order valence-corrected chi connectivity index (χ4v) is 2.27. The molecule has 1 fully saturated rings. The molecular weight excluding hydrogens is 280 g/mol. The van der Waals surface area contributed by atoms with E-state index in [-0.39, 0.29) is 12.4 Å². The minimum absolute atomic E-state index is 0. The maximum Gasteiger partial charge on any atom is 0.190 e. The summed E-state index contributed by atoms with van der Waals surface area (Å²) < 4.78 is 11.6. The number of aromatic nitrogens is 4. The molecule has 7 heteroatoms. The monoisotopic (exact) mass is 296 g/mol. The molecule has 3 rings (SSSR count). The summed E-state index contributed by atoms with van der Waals surface area (Å²) in [4.78, 5) is 1.51. The van der Waals surface area contributed by atoms with Gasteiger partial charge in [0.1, 0.15) is 6.54 Å². The van der Waals surface area contributed by atoms with E-state index in [1.807, 2.05) is 18.2 Å². The molecule has 2 heterocycles. The van der Waals surface area contributed by atoms with Crippen LogP contribution in [0.25, 0.3) is 0 Å². The molecule has 108 valence electrons. The molecule has 0 N–H and O–H groups in total. The van der Waals surface area contributed by atoms with Gasteiger partial charge in [-0.25, -0.2) is 0 Å². The van der Waals surface area contributed by atoms with Gasteiger partial charge in [0, 0.05) is 6.42 Å². The van der Waals surface area contributed by atoms with Crippen LogP contribution in [0.15, 0.2) is 36.7 Å². The van der Waals surface area contributed by atoms with Crippen LogP contribution in [0.3, 0.4) is 0 Å². The minimum atomic E-state index is -0.628. The first-order valence-electron chi connectivity index (χ1n) is 6.39. The highest BCUT2D eigenvalue weighted by Crippen LogP contribution is 2.26. The van der Waals surface area contributed by atoms with Crippen molar-refractivity contribution in [1.82, 2.24) is 20.2 Å². The first-order valence-corrected chi connectivity index (χ1v) is 6.39. The lowest BCUT2D eigenvalue weighted by Gasteiger charge is -2.26.